The average Bonchev–Trinajstić information content (AvgIpc) is 2.16. The number of aliphatic hydroxyl groups is 1. The van der Waals surface area contributed by atoms with Crippen LogP contribution in [0.4, 0.5) is 13.2 Å². The van der Waals surface area contributed by atoms with Gasteiger partial charge >= 0.3 is 12.1 Å². The maximum absolute atomic E-state index is 12.4. The van der Waals surface area contributed by atoms with E-state index in [1.54, 1.807) is 0 Å². The number of esters is 1. The Labute approximate surface area is 89.6 Å². The SMILES string of the molecule is C=CC(=O)OC1CCOC(O)(C(F)(F)F)C1. The van der Waals surface area contributed by atoms with Crippen molar-refractivity contribution in [3.63, 3.8) is 0 Å². The Morgan fingerprint density at radius 2 is 2.25 bits per heavy atom. The molecule has 0 spiro atoms. The molecule has 0 bridgehead atoms. The molecule has 0 aromatic carbocycles. The van der Waals surface area contributed by atoms with E-state index in [9.17, 15) is 23.1 Å². The summed E-state index contributed by atoms with van der Waals surface area (Å²) < 4.78 is 46.1. The van der Waals surface area contributed by atoms with Crippen molar-refractivity contribution in [1.29, 1.82) is 0 Å². The highest BCUT2D eigenvalue weighted by atomic mass is 19.4. The van der Waals surface area contributed by atoms with Crippen LogP contribution in [0.25, 0.3) is 0 Å². The van der Waals surface area contributed by atoms with Crippen LogP contribution < -0.4 is 0 Å². The van der Waals surface area contributed by atoms with Crippen LogP contribution in [0.15, 0.2) is 12.7 Å². The largest absolute Gasteiger partial charge is 0.459 e. The first-order chi connectivity index (χ1) is 7.28. The first-order valence-electron chi connectivity index (χ1n) is 4.54. The fourth-order valence-electron chi connectivity index (χ4n) is 1.34. The van der Waals surface area contributed by atoms with Gasteiger partial charge in [0.2, 0.25) is 0 Å². The summed E-state index contributed by atoms with van der Waals surface area (Å²) in [6.07, 6.45) is -5.80. The van der Waals surface area contributed by atoms with Crippen molar-refractivity contribution >= 4 is 5.97 Å². The van der Waals surface area contributed by atoms with Crippen molar-refractivity contribution in [1.82, 2.24) is 0 Å². The zero-order valence-corrected chi connectivity index (χ0v) is 8.29. The molecular weight excluding hydrogens is 229 g/mol. The lowest BCUT2D eigenvalue weighted by Crippen LogP contribution is -2.53. The molecule has 1 saturated heterocycles. The second kappa shape index (κ2) is 4.42. The number of carbonyl (C=O) groups is 1. The Morgan fingerprint density at radius 1 is 1.62 bits per heavy atom. The van der Waals surface area contributed by atoms with E-state index in [4.69, 9.17) is 0 Å². The topological polar surface area (TPSA) is 55.8 Å². The number of rotatable bonds is 2. The molecule has 1 heterocycles. The van der Waals surface area contributed by atoms with Gasteiger partial charge in [-0.2, -0.15) is 13.2 Å². The molecule has 1 aliphatic heterocycles. The lowest BCUT2D eigenvalue weighted by atomic mass is 10.0. The number of alkyl halides is 3. The van der Waals surface area contributed by atoms with Gasteiger partial charge in [0, 0.05) is 18.9 Å². The summed E-state index contributed by atoms with van der Waals surface area (Å²) in [6, 6.07) is 0. The molecule has 0 saturated carbocycles. The molecule has 16 heavy (non-hydrogen) atoms. The third kappa shape index (κ3) is 2.73. The Bertz CT molecular complexity index is 289. The van der Waals surface area contributed by atoms with Gasteiger partial charge in [-0.25, -0.2) is 4.79 Å². The zero-order chi connectivity index (χ0) is 12.4. The maximum atomic E-state index is 12.4. The van der Waals surface area contributed by atoms with Gasteiger partial charge in [-0.3, -0.25) is 0 Å². The van der Waals surface area contributed by atoms with Crippen LogP contribution in [0.3, 0.4) is 0 Å². The molecule has 1 rings (SSSR count). The van der Waals surface area contributed by atoms with Crippen LogP contribution in [0.2, 0.25) is 0 Å². The highest BCUT2D eigenvalue weighted by molar-refractivity contribution is 5.81. The minimum Gasteiger partial charge on any atom is -0.459 e. The first-order valence-corrected chi connectivity index (χ1v) is 4.54. The molecule has 0 aromatic rings. The fourth-order valence-corrected chi connectivity index (χ4v) is 1.34. The van der Waals surface area contributed by atoms with E-state index in [0.29, 0.717) is 0 Å². The summed E-state index contributed by atoms with van der Waals surface area (Å²) in [7, 11) is 0. The van der Waals surface area contributed by atoms with E-state index < -0.39 is 30.5 Å². The minimum absolute atomic E-state index is 0.109. The molecule has 0 aliphatic carbocycles. The molecule has 0 amide bonds. The molecular formula is C9H11F3O4. The standard InChI is InChI=1S/C9H11F3O4/c1-2-7(13)16-6-3-4-15-8(14,5-6)9(10,11)12/h2,6,14H,1,3-5H2. The highest BCUT2D eigenvalue weighted by Gasteiger charge is 2.58. The average molecular weight is 240 g/mol. The minimum atomic E-state index is -4.91. The molecule has 4 nitrogen and oxygen atoms in total. The predicted molar refractivity (Wildman–Crippen MR) is 46.3 cm³/mol. The highest BCUT2D eigenvalue weighted by Crippen LogP contribution is 2.38. The van der Waals surface area contributed by atoms with E-state index in [1.807, 2.05) is 0 Å². The smallest absolute Gasteiger partial charge is 0.443 e. The predicted octanol–water partition coefficient (Wildman–Crippen LogP) is 1.15. The molecule has 0 radical (unpaired) electrons. The van der Waals surface area contributed by atoms with Gasteiger partial charge in [0.1, 0.15) is 6.10 Å². The van der Waals surface area contributed by atoms with Crippen molar-refractivity contribution in [3.05, 3.63) is 12.7 Å². The Balaban J connectivity index is 2.66. The maximum Gasteiger partial charge on any atom is 0.443 e. The monoisotopic (exact) mass is 240 g/mol. The summed E-state index contributed by atoms with van der Waals surface area (Å²) in [4.78, 5) is 10.8. The van der Waals surface area contributed by atoms with Gasteiger partial charge in [0.05, 0.1) is 6.61 Å². The molecule has 1 N–H and O–H groups in total. The van der Waals surface area contributed by atoms with Gasteiger partial charge in [0.15, 0.2) is 0 Å². The van der Waals surface area contributed by atoms with E-state index in [2.05, 4.69) is 16.1 Å². The number of carbonyl (C=O) groups excluding carboxylic acids is 1. The summed E-state index contributed by atoms with van der Waals surface area (Å²) in [6.45, 7) is 2.79. The molecule has 7 heteroatoms. The summed E-state index contributed by atoms with van der Waals surface area (Å²) >= 11 is 0. The normalized spacial score (nSPS) is 30.9. The molecule has 1 aliphatic rings. The van der Waals surface area contributed by atoms with Gasteiger partial charge in [0.25, 0.3) is 5.79 Å². The lowest BCUT2D eigenvalue weighted by Gasteiger charge is -2.37. The number of hydrogen-bond donors (Lipinski definition) is 1. The van der Waals surface area contributed by atoms with Gasteiger partial charge in [-0.05, 0) is 0 Å². The molecule has 1 fully saturated rings. The van der Waals surface area contributed by atoms with E-state index >= 15 is 0 Å². The summed E-state index contributed by atoms with van der Waals surface area (Å²) in [5.41, 5.74) is 0. The summed E-state index contributed by atoms with van der Waals surface area (Å²) in [5.74, 6) is -4.06. The van der Waals surface area contributed by atoms with Crippen LogP contribution >= 0.6 is 0 Å². The Hall–Kier alpha value is -1.08. The van der Waals surface area contributed by atoms with Crippen LogP contribution in [0.1, 0.15) is 12.8 Å². The van der Waals surface area contributed by atoms with Gasteiger partial charge in [-0.15, -0.1) is 0 Å². The number of halogens is 3. The van der Waals surface area contributed by atoms with E-state index in [1.165, 1.54) is 0 Å². The van der Waals surface area contributed by atoms with Crippen LogP contribution in [0.5, 0.6) is 0 Å². The third-order valence-corrected chi connectivity index (χ3v) is 2.18. The van der Waals surface area contributed by atoms with Crippen LogP contribution in [0, 0.1) is 0 Å². The molecule has 0 aromatic heterocycles. The third-order valence-electron chi connectivity index (χ3n) is 2.18. The van der Waals surface area contributed by atoms with Crippen molar-refractivity contribution < 1.29 is 32.5 Å². The van der Waals surface area contributed by atoms with Crippen molar-refractivity contribution in [3.8, 4) is 0 Å². The Kier molecular flexibility index (Phi) is 3.59. The van der Waals surface area contributed by atoms with E-state index in [0.717, 1.165) is 6.08 Å². The summed E-state index contributed by atoms with van der Waals surface area (Å²) in [5, 5.41) is 9.20. The van der Waals surface area contributed by atoms with Crippen molar-refractivity contribution in [2.75, 3.05) is 6.61 Å². The number of ether oxygens (including phenoxy) is 2. The second-order valence-electron chi connectivity index (χ2n) is 3.39. The quantitative estimate of drug-likeness (QED) is 0.581. The van der Waals surface area contributed by atoms with Gasteiger partial charge < -0.3 is 14.6 Å². The lowest BCUT2D eigenvalue weighted by molar-refractivity contribution is -0.383. The first kappa shape index (κ1) is 13.0. The molecule has 2 unspecified atom stereocenters. The van der Waals surface area contributed by atoms with Crippen molar-refractivity contribution in [2.24, 2.45) is 0 Å². The van der Waals surface area contributed by atoms with Crippen LogP contribution in [-0.2, 0) is 14.3 Å². The Morgan fingerprint density at radius 3 is 2.75 bits per heavy atom. The van der Waals surface area contributed by atoms with E-state index in [-0.39, 0.29) is 13.0 Å². The second-order valence-corrected chi connectivity index (χ2v) is 3.39. The number of hydrogen-bond acceptors (Lipinski definition) is 4. The van der Waals surface area contributed by atoms with Crippen molar-refractivity contribution in [2.45, 2.75) is 30.9 Å². The fraction of sp³-hybridized carbons (Fsp3) is 0.667. The van der Waals surface area contributed by atoms with Gasteiger partial charge in [-0.1, -0.05) is 6.58 Å². The molecule has 2 atom stereocenters. The molecule has 92 valence electrons. The van der Waals surface area contributed by atoms with Crippen LogP contribution in [-0.4, -0.2) is 35.8 Å². The zero-order valence-electron chi connectivity index (χ0n) is 8.29.